The van der Waals surface area contributed by atoms with Crippen LogP contribution in [0.5, 0.6) is 0 Å². The summed E-state index contributed by atoms with van der Waals surface area (Å²) in [7, 11) is -3.66. The zero-order valence-electron chi connectivity index (χ0n) is 12.3. The summed E-state index contributed by atoms with van der Waals surface area (Å²) in [5.41, 5.74) is 0.569. The molecule has 0 radical (unpaired) electrons. The Kier molecular flexibility index (Phi) is 4.55. The van der Waals surface area contributed by atoms with Gasteiger partial charge < -0.3 is 14.1 Å². The van der Waals surface area contributed by atoms with Crippen molar-refractivity contribution in [2.24, 2.45) is 0 Å². The van der Waals surface area contributed by atoms with Gasteiger partial charge in [-0.3, -0.25) is 0 Å². The van der Waals surface area contributed by atoms with Crippen LogP contribution in [0.3, 0.4) is 0 Å². The summed E-state index contributed by atoms with van der Waals surface area (Å²) in [4.78, 5) is 0.142. The summed E-state index contributed by atoms with van der Waals surface area (Å²) in [5, 5.41) is 9.24. The Bertz CT molecular complexity index is 694. The lowest BCUT2D eigenvalue weighted by Crippen LogP contribution is -2.26. The van der Waals surface area contributed by atoms with Crippen LogP contribution >= 0.6 is 0 Å². The zero-order valence-corrected chi connectivity index (χ0v) is 13.1. The molecule has 0 amide bonds. The number of sulfonamides is 1. The van der Waals surface area contributed by atoms with Gasteiger partial charge in [0.25, 0.3) is 0 Å². The highest BCUT2D eigenvalue weighted by Crippen LogP contribution is 2.20. The van der Waals surface area contributed by atoms with E-state index in [1.807, 2.05) is 6.92 Å². The molecule has 0 aliphatic rings. The lowest BCUT2D eigenvalue weighted by atomic mass is 10.3. The van der Waals surface area contributed by atoms with Crippen LogP contribution in [0.1, 0.15) is 37.1 Å². The Morgan fingerprint density at radius 3 is 2.62 bits per heavy atom. The number of hydrogen-bond donors (Lipinski definition) is 2. The molecular weight excluding hydrogens is 292 g/mol. The van der Waals surface area contributed by atoms with Crippen LogP contribution in [0.15, 0.2) is 33.7 Å². The van der Waals surface area contributed by atoms with Crippen molar-refractivity contribution in [2.45, 2.75) is 44.9 Å². The van der Waals surface area contributed by atoms with Crippen molar-refractivity contribution in [3.8, 4) is 0 Å². The highest BCUT2D eigenvalue weighted by atomic mass is 32.2. The minimum Gasteiger partial charge on any atom is -0.465 e. The molecule has 0 saturated carbocycles. The van der Waals surface area contributed by atoms with Crippen molar-refractivity contribution >= 4 is 10.0 Å². The van der Waals surface area contributed by atoms with E-state index in [1.54, 1.807) is 30.5 Å². The molecule has 0 aliphatic carbocycles. The fourth-order valence-electron chi connectivity index (χ4n) is 2.14. The quantitative estimate of drug-likeness (QED) is 0.853. The molecule has 0 spiro atoms. The summed E-state index contributed by atoms with van der Waals surface area (Å²) >= 11 is 0. The predicted molar refractivity (Wildman–Crippen MR) is 78.2 cm³/mol. The minimum atomic E-state index is -3.66. The van der Waals surface area contributed by atoms with Gasteiger partial charge in [0.15, 0.2) is 0 Å². The van der Waals surface area contributed by atoms with E-state index in [-0.39, 0.29) is 11.5 Å². The maximum atomic E-state index is 12.4. The average Bonchev–Trinajstić information content (AvgIpc) is 3.03. The Labute approximate surface area is 124 Å². The van der Waals surface area contributed by atoms with E-state index in [9.17, 15) is 13.5 Å². The molecule has 6 nitrogen and oxygen atoms in total. The van der Waals surface area contributed by atoms with E-state index in [2.05, 4.69) is 4.72 Å². The highest BCUT2D eigenvalue weighted by Gasteiger charge is 2.22. The predicted octanol–water partition coefficient (Wildman–Crippen LogP) is 1.94. The number of aromatic nitrogens is 1. The molecule has 2 rings (SSSR count). The van der Waals surface area contributed by atoms with E-state index in [0.29, 0.717) is 18.0 Å². The normalized spacial score (nSPS) is 13.5. The first-order chi connectivity index (χ1) is 9.87. The number of aryl methyl sites for hydroxylation is 2. The van der Waals surface area contributed by atoms with Gasteiger partial charge in [-0.15, -0.1) is 0 Å². The van der Waals surface area contributed by atoms with Crippen LogP contribution in [0.4, 0.5) is 0 Å². The van der Waals surface area contributed by atoms with Crippen LogP contribution in [0, 0.1) is 6.92 Å². The van der Waals surface area contributed by atoms with E-state index in [1.165, 1.54) is 12.3 Å². The Morgan fingerprint density at radius 1 is 1.43 bits per heavy atom. The molecule has 2 heterocycles. The molecule has 0 fully saturated rings. The molecule has 7 heteroatoms. The monoisotopic (exact) mass is 312 g/mol. The van der Waals surface area contributed by atoms with Crippen LogP contribution in [-0.4, -0.2) is 18.1 Å². The smallest absolute Gasteiger partial charge is 0.242 e. The number of furan rings is 1. The van der Waals surface area contributed by atoms with Gasteiger partial charge in [-0.2, -0.15) is 0 Å². The number of rotatable bonds is 6. The molecule has 21 heavy (non-hydrogen) atoms. The Balaban J connectivity index is 2.24. The summed E-state index contributed by atoms with van der Waals surface area (Å²) in [6.45, 7) is 5.81. The molecular formula is C14H20N2O4S. The van der Waals surface area contributed by atoms with Crippen LogP contribution < -0.4 is 4.72 Å². The Morgan fingerprint density at radius 2 is 2.14 bits per heavy atom. The summed E-state index contributed by atoms with van der Waals surface area (Å²) in [6.07, 6.45) is 1.52. The van der Waals surface area contributed by atoms with Gasteiger partial charge in [0.2, 0.25) is 10.0 Å². The largest absolute Gasteiger partial charge is 0.465 e. The van der Waals surface area contributed by atoms with E-state index >= 15 is 0 Å². The third-order valence-corrected chi connectivity index (χ3v) is 4.80. The van der Waals surface area contributed by atoms with Crippen molar-refractivity contribution in [2.75, 3.05) is 0 Å². The van der Waals surface area contributed by atoms with E-state index in [0.717, 1.165) is 5.76 Å². The first kappa shape index (κ1) is 15.8. The lowest BCUT2D eigenvalue weighted by Gasteiger charge is -2.11. The van der Waals surface area contributed by atoms with Gasteiger partial charge in [0, 0.05) is 18.4 Å². The molecule has 0 aromatic carbocycles. The van der Waals surface area contributed by atoms with Gasteiger partial charge in [-0.25, -0.2) is 13.1 Å². The van der Waals surface area contributed by atoms with Crippen LogP contribution in [0.2, 0.25) is 0 Å². The third-order valence-electron chi connectivity index (χ3n) is 3.29. The summed E-state index contributed by atoms with van der Waals surface area (Å²) < 4.78 is 34.4. The lowest BCUT2D eigenvalue weighted by molar-refractivity contribution is 0.271. The van der Waals surface area contributed by atoms with Crippen molar-refractivity contribution in [1.82, 2.24) is 9.29 Å². The van der Waals surface area contributed by atoms with E-state index in [4.69, 9.17) is 4.42 Å². The third kappa shape index (κ3) is 3.37. The standard InChI is InChI=1S/C14H20N2O4S/c1-4-16-8-13(7-12(16)9-17)21(18,19)15-11(3)14-6-5-10(2)20-14/h5-8,11,15,17H,4,9H2,1-3H3. The number of nitrogens with zero attached hydrogens (tertiary/aromatic N) is 1. The molecule has 2 aromatic heterocycles. The van der Waals surface area contributed by atoms with Crippen LogP contribution in [-0.2, 0) is 23.2 Å². The van der Waals surface area contributed by atoms with Gasteiger partial charge in [-0.05, 0) is 39.0 Å². The van der Waals surface area contributed by atoms with Gasteiger partial charge >= 0.3 is 0 Å². The average molecular weight is 312 g/mol. The van der Waals surface area contributed by atoms with Gasteiger partial charge in [0.05, 0.1) is 17.5 Å². The second-order valence-electron chi connectivity index (χ2n) is 4.90. The molecule has 0 bridgehead atoms. The zero-order chi connectivity index (χ0) is 15.6. The first-order valence-electron chi connectivity index (χ1n) is 6.76. The fraction of sp³-hybridized carbons (Fsp3) is 0.429. The number of hydrogen-bond acceptors (Lipinski definition) is 4. The number of nitrogens with one attached hydrogen (secondary N) is 1. The second-order valence-corrected chi connectivity index (χ2v) is 6.62. The van der Waals surface area contributed by atoms with Gasteiger partial charge in [-0.1, -0.05) is 0 Å². The summed E-state index contributed by atoms with van der Waals surface area (Å²) in [5.74, 6) is 1.30. The Hall–Kier alpha value is -1.57. The van der Waals surface area contributed by atoms with Crippen molar-refractivity contribution in [3.05, 3.63) is 41.6 Å². The maximum Gasteiger partial charge on any atom is 0.242 e. The second kappa shape index (κ2) is 6.05. The number of aliphatic hydroxyl groups is 1. The van der Waals surface area contributed by atoms with Crippen molar-refractivity contribution < 1.29 is 17.9 Å². The van der Waals surface area contributed by atoms with Crippen molar-refractivity contribution in [3.63, 3.8) is 0 Å². The molecule has 0 saturated heterocycles. The topological polar surface area (TPSA) is 84.5 Å². The molecule has 116 valence electrons. The minimum absolute atomic E-state index is 0.142. The van der Waals surface area contributed by atoms with Crippen molar-refractivity contribution in [1.29, 1.82) is 0 Å². The fourth-order valence-corrected chi connectivity index (χ4v) is 3.42. The molecule has 1 unspecified atom stereocenters. The first-order valence-corrected chi connectivity index (χ1v) is 8.24. The molecule has 2 aromatic rings. The molecule has 2 N–H and O–H groups in total. The molecule has 1 atom stereocenters. The number of aliphatic hydroxyl groups excluding tert-OH is 1. The van der Waals surface area contributed by atoms with E-state index < -0.39 is 16.1 Å². The maximum absolute atomic E-state index is 12.4. The van der Waals surface area contributed by atoms with Crippen LogP contribution in [0.25, 0.3) is 0 Å². The molecule has 0 aliphatic heterocycles. The SMILES string of the molecule is CCn1cc(S(=O)(=O)NC(C)c2ccc(C)o2)cc1CO. The highest BCUT2D eigenvalue weighted by molar-refractivity contribution is 7.89. The van der Waals surface area contributed by atoms with Gasteiger partial charge in [0.1, 0.15) is 11.5 Å². The summed E-state index contributed by atoms with van der Waals surface area (Å²) in [6, 6.07) is 4.55.